The van der Waals surface area contributed by atoms with Crippen LogP contribution in [0.15, 0.2) is 36.5 Å². The van der Waals surface area contributed by atoms with Crippen molar-refractivity contribution in [3.63, 3.8) is 0 Å². The zero-order valence-corrected chi connectivity index (χ0v) is 12.0. The smallest absolute Gasteiger partial charge is 0.147 e. The van der Waals surface area contributed by atoms with Gasteiger partial charge in [-0.25, -0.2) is 9.37 Å². The standard InChI is InChI=1S/C16H13ClFN3/c17-14-4-1-5-15(18)13(14)10-21(12-6-7-12)16-11(9-19)3-2-8-20-16/h1-5,8,12H,6-7,10H2. The van der Waals surface area contributed by atoms with Gasteiger partial charge in [-0.15, -0.1) is 0 Å². The average Bonchev–Trinajstić information content (AvgIpc) is 3.32. The van der Waals surface area contributed by atoms with Gasteiger partial charge in [0.2, 0.25) is 0 Å². The third kappa shape index (κ3) is 2.84. The predicted molar refractivity (Wildman–Crippen MR) is 79.6 cm³/mol. The highest BCUT2D eigenvalue weighted by molar-refractivity contribution is 6.31. The lowest BCUT2D eigenvalue weighted by Crippen LogP contribution is -2.27. The van der Waals surface area contributed by atoms with E-state index in [-0.39, 0.29) is 5.82 Å². The molecule has 0 bridgehead atoms. The van der Waals surface area contributed by atoms with Gasteiger partial charge < -0.3 is 4.90 Å². The van der Waals surface area contributed by atoms with E-state index >= 15 is 0 Å². The second-order valence-corrected chi connectivity index (χ2v) is 5.45. The Morgan fingerprint density at radius 2 is 2.14 bits per heavy atom. The van der Waals surface area contributed by atoms with Crippen LogP contribution in [0, 0.1) is 17.1 Å². The summed E-state index contributed by atoms with van der Waals surface area (Å²) in [5.41, 5.74) is 0.942. The normalized spacial score (nSPS) is 13.8. The molecule has 3 rings (SSSR count). The Hall–Kier alpha value is -2.12. The Balaban J connectivity index is 1.98. The summed E-state index contributed by atoms with van der Waals surface area (Å²) in [5.74, 6) is 0.268. The van der Waals surface area contributed by atoms with Gasteiger partial charge in [0.05, 0.1) is 5.56 Å². The van der Waals surface area contributed by atoms with E-state index in [1.54, 1.807) is 30.5 Å². The number of nitriles is 1. The number of hydrogen-bond acceptors (Lipinski definition) is 3. The van der Waals surface area contributed by atoms with E-state index in [0.29, 0.717) is 34.6 Å². The highest BCUT2D eigenvalue weighted by Gasteiger charge is 2.32. The van der Waals surface area contributed by atoms with Crippen molar-refractivity contribution in [2.24, 2.45) is 0 Å². The van der Waals surface area contributed by atoms with Crippen LogP contribution in [0.1, 0.15) is 24.0 Å². The lowest BCUT2D eigenvalue weighted by Gasteiger charge is -2.25. The minimum absolute atomic E-state index is 0.294. The fourth-order valence-corrected chi connectivity index (χ4v) is 2.55. The van der Waals surface area contributed by atoms with E-state index in [1.807, 2.05) is 4.90 Å². The van der Waals surface area contributed by atoms with E-state index in [0.717, 1.165) is 12.8 Å². The van der Waals surface area contributed by atoms with Gasteiger partial charge in [-0.2, -0.15) is 5.26 Å². The number of anilines is 1. The summed E-state index contributed by atoms with van der Waals surface area (Å²) < 4.78 is 14.0. The van der Waals surface area contributed by atoms with Crippen LogP contribution in [-0.2, 0) is 6.54 Å². The van der Waals surface area contributed by atoms with Crippen molar-refractivity contribution in [1.82, 2.24) is 4.98 Å². The first-order chi connectivity index (χ1) is 10.2. The number of benzene rings is 1. The molecule has 1 aliphatic carbocycles. The summed E-state index contributed by atoms with van der Waals surface area (Å²) in [6.45, 7) is 0.321. The molecular formula is C16H13ClFN3. The minimum atomic E-state index is -0.331. The lowest BCUT2D eigenvalue weighted by atomic mass is 10.1. The summed E-state index contributed by atoms with van der Waals surface area (Å²) in [4.78, 5) is 6.28. The third-order valence-corrected chi connectivity index (χ3v) is 3.91. The molecule has 0 amide bonds. The van der Waals surface area contributed by atoms with Crippen LogP contribution in [0.4, 0.5) is 10.2 Å². The fourth-order valence-electron chi connectivity index (χ4n) is 2.33. The van der Waals surface area contributed by atoms with Gasteiger partial charge in [-0.05, 0) is 37.1 Å². The van der Waals surface area contributed by atoms with Crippen LogP contribution < -0.4 is 4.90 Å². The van der Waals surface area contributed by atoms with Crippen molar-refractivity contribution in [1.29, 1.82) is 5.26 Å². The van der Waals surface area contributed by atoms with E-state index in [9.17, 15) is 9.65 Å². The molecule has 0 atom stereocenters. The molecule has 0 saturated heterocycles. The number of nitrogens with zero attached hydrogens (tertiary/aromatic N) is 3. The molecule has 1 heterocycles. The molecule has 1 aliphatic rings. The van der Waals surface area contributed by atoms with E-state index in [2.05, 4.69) is 11.1 Å². The lowest BCUT2D eigenvalue weighted by molar-refractivity contribution is 0.602. The zero-order valence-electron chi connectivity index (χ0n) is 11.3. The maximum Gasteiger partial charge on any atom is 0.147 e. The second kappa shape index (κ2) is 5.71. The van der Waals surface area contributed by atoms with Crippen molar-refractivity contribution in [2.75, 3.05) is 4.90 Å². The van der Waals surface area contributed by atoms with Gasteiger partial charge in [0.1, 0.15) is 17.7 Å². The van der Waals surface area contributed by atoms with E-state index < -0.39 is 0 Å². The predicted octanol–water partition coefficient (Wildman–Crippen LogP) is 3.91. The summed E-state index contributed by atoms with van der Waals surface area (Å²) in [7, 11) is 0. The van der Waals surface area contributed by atoms with Crippen LogP contribution in [0.25, 0.3) is 0 Å². The van der Waals surface area contributed by atoms with E-state index in [1.165, 1.54) is 6.07 Å². The molecule has 0 N–H and O–H groups in total. The Bertz CT molecular complexity index is 687. The summed E-state index contributed by atoms with van der Waals surface area (Å²) in [6, 6.07) is 10.5. The molecule has 21 heavy (non-hydrogen) atoms. The molecule has 2 aromatic rings. The van der Waals surface area contributed by atoms with Crippen molar-refractivity contribution >= 4 is 17.4 Å². The molecule has 5 heteroatoms. The quantitative estimate of drug-likeness (QED) is 0.859. The second-order valence-electron chi connectivity index (χ2n) is 5.05. The number of hydrogen-bond donors (Lipinski definition) is 0. The number of halogens is 2. The Morgan fingerprint density at radius 1 is 1.33 bits per heavy atom. The first-order valence-corrected chi connectivity index (χ1v) is 7.13. The van der Waals surface area contributed by atoms with Crippen LogP contribution in [0.3, 0.4) is 0 Å². The summed E-state index contributed by atoms with van der Waals surface area (Å²) in [5, 5.41) is 9.63. The molecular weight excluding hydrogens is 289 g/mol. The van der Waals surface area contributed by atoms with Gasteiger partial charge in [0, 0.05) is 29.4 Å². The van der Waals surface area contributed by atoms with Crippen LogP contribution in [-0.4, -0.2) is 11.0 Å². The first kappa shape index (κ1) is 13.8. The van der Waals surface area contributed by atoms with Crippen molar-refractivity contribution in [2.45, 2.75) is 25.4 Å². The zero-order chi connectivity index (χ0) is 14.8. The van der Waals surface area contributed by atoms with Crippen molar-refractivity contribution in [3.05, 3.63) is 58.5 Å². The highest BCUT2D eigenvalue weighted by Crippen LogP contribution is 2.35. The molecule has 0 spiro atoms. The SMILES string of the molecule is N#Cc1cccnc1N(Cc1c(F)cccc1Cl)C1CC1. The molecule has 0 aliphatic heterocycles. The number of rotatable bonds is 4. The molecule has 1 aromatic carbocycles. The first-order valence-electron chi connectivity index (χ1n) is 6.75. The van der Waals surface area contributed by atoms with Crippen molar-refractivity contribution < 1.29 is 4.39 Å². The topological polar surface area (TPSA) is 39.9 Å². The van der Waals surface area contributed by atoms with Gasteiger partial charge in [0.25, 0.3) is 0 Å². The molecule has 1 saturated carbocycles. The maximum atomic E-state index is 14.0. The van der Waals surface area contributed by atoms with Crippen LogP contribution in [0.5, 0.6) is 0 Å². The third-order valence-electron chi connectivity index (χ3n) is 3.56. The Morgan fingerprint density at radius 3 is 2.81 bits per heavy atom. The molecule has 0 radical (unpaired) electrons. The number of aromatic nitrogens is 1. The molecule has 1 aromatic heterocycles. The van der Waals surface area contributed by atoms with Crippen molar-refractivity contribution in [3.8, 4) is 6.07 Å². The largest absolute Gasteiger partial charge is 0.348 e. The molecule has 1 fully saturated rings. The Kier molecular flexibility index (Phi) is 3.76. The fraction of sp³-hybridized carbons (Fsp3) is 0.250. The maximum absolute atomic E-state index is 14.0. The highest BCUT2D eigenvalue weighted by atomic mass is 35.5. The van der Waals surface area contributed by atoms with Gasteiger partial charge in [-0.3, -0.25) is 0 Å². The molecule has 0 unspecified atom stereocenters. The van der Waals surface area contributed by atoms with Crippen LogP contribution in [0.2, 0.25) is 5.02 Å². The molecule has 3 nitrogen and oxygen atoms in total. The number of pyridine rings is 1. The summed E-state index contributed by atoms with van der Waals surface area (Å²) >= 11 is 6.11. The minimum Gasteiger partial charge on any atom is -0.348 e. The molecule has 106 valence electrons. The van der Waals surface area contributed by atoms with Gasteiger partial charge >= 0.3 is 0 Å². The Labute approximate surface area is 127 Å². The monoisotopic (exact) mass is 301 g/mol. The van der Waals surface area contributed by atoms with Gasteiger partial charge in [-0.1, -0.05) is 17.7 Å². The van der Waals surface area contributed by atoms with Gasteiger partial charge in [0.15, 0.2) is 0 Å². The van der Waals surface area contributed by atoms with Crippen LogP contribution >= 0.6 is 11.6 Å². The van der Waals surface area contributed by atoms with E-state index in [4.69, 9.17) is 11.6 Å². The summed E-state index contributed by atoms with van der Waals surface area (Å²) in [6.07, 6.45) is 3.69. The average molecular weight is 302 g/mol.